The molecule has 0 spiro atoms. The van der Waals surface area contributed by atoms with E-state index in [-0.39, 0.29) is 12.0 Å². The fourth-order valence-electron chi connectivity index (χ4n) is 4.06. The topological polar surface area (TPSA) is 73.1 Å². The third-order valence-corrected chi connectivity index (χ3v) is 5.94. The molecular weight excluding hydrogens is 472 g/mol. The Kier molecular flexibility index (Phi) is 7.04. The molecule has 2 unspecified atom stereocenters. The van der Waals surface area contributed by atoms with Crippen LogP contribution in [0.5, 0.6) is 0 Å². The third-order valence-electron chi connectivity index (χ3n) is 5.94. The van der Waals surface area contributed by atoms with E-state index in [9.17, 15) is 32.7 Å². The number of aliphatic hydroxyl groups is 1. The van der Waals surface area contributed by atoms with Crippen LogP contribution in [-0.4, -0.2) is 17.1 Å². The lowest BCUT2D eigenvalue weighted by Gasteiger charge is -2.25. The molecule has 0 aliphatic rings. The maximum absolute atomic E-state index is 13.4. The first-order chi connectivity index (χ1) is 17.2. The average Bonchev–Trinajstić information content (AvgIpc) is 2.87. The summed E-state index contributed by atoms with van der Waals surface area (Å²) in [4.78, 5) is 13.3. The summed E-state index contributed by atoms with van der Waals surface area (Å²) in [7, 11) is 0. The Morgan fingerprint density at radius 3 is 2.17 bits per heavy atom. The Morgan fingerprint density at radius 2 is 1.56 bits per heavy atom. The first-order valence-electron chi connectivity index (χ1n) is 11.0. The fourth-order valence-corrected chi connectivity index (χ4v) is 4.06. The molecule has 0 saturated heterocycles. The van der Waals surface area contributed by atoms with Gasteiger partial charge in [0.2, 0.25) is 0 Å². The van der Waals surface area contributed by atoms with E-state index in [0.29, 0.717) is 27.5 Å². The van der Waals surface area contributed by atoms with Gasteiger partial charge in [-0.1, -0.05) is 48.5 Å². The summed E-state index contributed by atoms with van der Waals surface area (Å²) < 4.78 is 52.3. The van der Waals surface area contributed by atoms with Crippen LogP contribution in [0.2, 0.25) is 0 Å². The zero-order valence-electron chi connectivity index (χ0n) is 18.8. The van der Waals surface area contributed by atoms with E-state index in [4.69, 9.17) is 0 Å². The Bertz CT molecular complexity index is 1430. The van der Waals surface area contributed by atoms with Crippen LogP contribution in [0, 0.1) is 17.1 Å². The van der Waals surface area contributed by atoms with Gasteiger partial charge in [-0.25, -0.2) is 4.39 Å². The van der Waals surface area contributed by atoms with Gasteiger partial charge in [-0.2, -0.15) is 18.4 Å². The monoisotopic (exact) mass is 492 g/mol. The summed E-state index contributed by atoms with van der Waals surface area (Å²) in [6, 6.07) is 20.6. The second-order valence-corrected chi connectivity index (χ2v) is 8.29. The van der Waals surface area contributed by atoms with E-state index < -0.39 is 35.6 Å². The Morgan fingerprint density at radius 1 is 0.917 bits per heavy atom. The standard InChI is InChI=1S/C28H20F4N2O2/c29-21-12-7-18(8-13-21)26(35)25(15-17-5-10-20(11-6-17)28(30,31)32)34-27(36)24-14-9-19(16-33)22-3-1-2-4-23(22)24/h1-14,25-26,35H,15H2,(H,34,36). The summed E-state index contributed by atoms with van der Waals surface area (Å²) >= 11 is 0. The number of rotatable bonds is 6. The Balaban J connectivity index is 1.67. The average molecular weight is 492 g/mol. The predicted molar refractivity (Wildman–Crippen MR) is 126 cm³/mol. The molecule has 182 valence electrons. The van der Waals surface area contributed by atoms with Crippen molar-refractivity contribution in [3.8, 4) is 6.07 Å². The highest BCUT2D eigenvalue weighted by atomic mass is 19.4. The molecule has 0 aliphatic carbocycles. The third kappa shape index (κ3) is 5.37. The number of hydrogen-bond acceptors (Lipinski definition) is 3. The maximum atomic E-state index is 13.4. The molecule has 1 amide bonds. The second kappa shape index (κ2) is 10.2. The van der Waals surface area contributed by atoms with Crippen LogP contribution in [0.1, 0.15) is 38.7 Å². The zero-order valence-corrected chi connectivity index (χ0v) is 18.8. The van der Waals surface area contributed by atoms with Crippen molar-refractivity contribution >= 4 is 16.7 Å². The van der Waals surface area contributed by atoms with Crippen LogP contribution in [-0.2, 0) is 12.6 Å². The lowest BCUT2D eigenvalue weighted by molar-refractivity contribution is -0.137. The fraction of sp³-hybridized carbons (Fsp3) is 0.143. The highest BCUT2D eigenvalue weighted by Crippen LogP contribution is 2.30. The van der Waals surface area contributed by atoms with Gasteiger partial charge in [0.15, 0.2) is 0 Å². The van der Waals surface area contributed by atoms with Crippen LogP contribution in [0.4, 0.5) is 17.6 Å². The molecule has 36 heavy (non-hydrogen) atoms. The zero-order chi connectivity index (χ0) is 25.9. The number of hydrogen-bond donors (Lipinski definition) is 2. The van der Waals surface area contributed by atoms with Gasteiger partial charge in [-0.15, -0.1) is 0 Å². The van der Waals surface area contributed by atoms with E-state index in [2.05, 4.69) is 11.4 Å². The van der Waals surface area contributed by atoms with Gasteiger partial charge in [0, 0.05) is 10.9 Å². The summed E-state index contributed by atoms with van der Waals surface area (Å²) in [5.74, 6) is -1.04. The molecule has 4 nitrogen and oxygen atoms in total. The summed E-state index contributed by atoms with van der Waals surface area (Å²) in [6.45, 7) is 0. The van der Waals surface area contributed by atoms with E-state index in [0.717, 1.165) is 12.1 Å². The normalized spacial score (nSPS) is 13.1. The van der Waals surface area contributed by atoms with Crippen molar-refractivity contribution < 1.29 is 27.5 Å². The molecule has 0 saturated carbocycles. The van der Waals surface area contributed by atoms with Gasteiger partial charge in [0.1, 0.15) is 5.82 Å². The van der Waals surface area contributed by atoms with Crippen molar-refractivity contribution in [2.45, 2.75) is 24.7 Å². The number of nitriles is 1. The van der Waals surface area contributed by atoms with Gasteiger partial charge in [0.05, 0.1) is 29.3 Å². The highest BCUT2D eigenvalue weighted by molar-refractivity contribution is 6.08. The van der Waals surface area contributed by atoms with Crippen molar-refractivity contribution in [3.05, 3.63) is 119 Å². The number of carbonyl (C=O) groups excluding carboxylic acids is 1. The molecule has 0 bridgehead atoms. The number of halogens is 4. The van der Waals surface area contributed by atoms with Gasteiger partial charge in [0.25, 0.3) is 5.91 Å². The summed E-state index contributed by atoms with van der Waals surface area (Å²) in [6.07, 6.45) is -5.76. The van der Waals surface area contributed by atoms with Crippen LogP contribution in [0.15, 0.2) is 84.9 Å². The number of nitrogens with one attached hydrogen (secondary N) is 1. The minimum absolute atomic E-state index is 0.0105. The van der Waals surface area contributed by atoms with E-state index in [1.54, 1.807) is 24.3 Å². The van der Waals surface area contributed by atoms with Gasteiger partial charge >= 0.3 is 6.18 Å². The molecule has 2 atom stereocenters. The van der Waals surface area contributed by atoms with Crippen LogP contribution < -0.4 is 5.32 Å². The molecule has 2 N–H and O–H groups in total. The van der Waals surface area contributed by atoms with Gasteiger partial charge < -0.3 is 10.4 Å². The number of amides is 1. The van der Waals surface area contributed by atoms with Crippen molar-refractivity contribution in [1.82, 2.24) is 5.32 Å². The smallest absolute Gasteiger partial charge is 0.386 e. The molecule has 4 rings (SSSR count). The molecule has 0 heterocycles. The molecule has 0 aliphatic heterocycles. The largest absolute Gasteiger partial charge is 0.416 e. The predicted octanol–water partition coefficient (Wildman–Crippen LogP) is 5.94. The quantitative estimate of drug-likeness (QED) is 0.327. The van der Waals surface area contributed by atoms with E-state index in [1.165, 1.54) is 48.5 Å². The van der Waals surface area contributed by atoms with Crippen molar-refractivity contribution in [1.29, 1.82) is 5.26 Å². The minimum atomic E-state index is -4.49. The minimum Gasteiger partial charge on any atom is -0.386 e. The molecular formula is C28H20F4N2O2. The number of nitrogens with zero attached hydrogens (tertiary/aromatic N) is 1. The van der Waals surface area contributed by atoms with Crippen molar-refractivity contribution in [3.63, 3.8) is 0 Å². The van der Waals surface area contributed by atoms with Crippen LogP contribution >= 0.6 is 0 Å². The summed E-state index contributed by atoms with van der Waals surface area (Å²) in [5.41, 5.74) is 0.649. The Hall–Kier alpha value is -4.22. The number of benzene rings is 4. The van der Waals surface area contributed by atoms with E-state index in [1.807, 2.05) is 0 Å². The maximum Gasteiger partial charge on any atom is 0.416 e. The molecule has 0 aromatic heterocycles. The lowest BCUT2D eigenvalue weighted by atomic mass is 9.94. The molecule has 0 fully saturated rings. The van der Waals surface area contributed by atoms with Crippen LogP contribution in [0.25, 0.3) is 10.8 Å². The van der Waals surface area contributed by atoms with Crippen molar-refractivity contribution in [2.24, 2.45) is 0 Å². The molecule has 0 radical (unpaired) electrons. The highest BCUT2D eigenvalue weighted by Gasteiger charge is 2.30. The second-order valence-electron chi connectivity index (χ2n) is 8.29. The van der Waals surface area contributed by atoms with E-state index >= 15 is 0 Å². The van der Waals surface area contributed by atoms with Crippen LogP contribution in [0.3, 0.4) is 0 Å². The Labute approximate surface area is 204 Å². The molecule has 8 heteroatoms. The number of fused-ring (bicyclic) bond motifs is 1. The first-order valence-corrected chi connectivity index (χ1v) is 11.0. The SMILES string of the molecule is N#Cc1ccc(C(=O)NC(Cc2ccc(C(F)(F)F)cc2)C(O)c2ccc(F)cc2)c2ccccc12. The molecule has 4 aromatic carbocycles. The number of alkyl halides is 3. The van der Waals surface area contributed by atoms with Gasteiger partial charge in [-0.3, -0.25) is 4.79 Å². The number of aliphatic hydroxyl groups excluding tert-OH is 1. The first kappa shape index (κ1) is 24.9. The molecule has 4 aromatic rings. The number of carbonyl (C=O) groups is 1. The van der Waals surface area contributed by atoms with Crippen molar-refractivity contribution in [2.75, 3.05) is 0 Å². The lowest BCUT2D eigenvalue weighted by Crippen LogP contribution is -2.41. The summed E-state index contributed by atoms with van der Waals surface area (Å²) in [5, 5.41) is 24.3. The van der Waals surface area contributed by atoms with Gasteiger partial charge in [-0.05, 0) is 59.3 Å².